The Labute approximate surface area is 226 Å². The fraction of sp³-hybridized carbons (Fsp3) is 0.586. The van der Waals surface area contributed by atoms with E-state index in [-0.39, 0.29) is 18.3 Å². The molecular weight excluding hydrogens is 480 g/mol. The lowest BCUT2D eigenvalue weighted by Crippen LogP contribution is -2.42. The number of rotatable bonds is 15. The number of carboxylic acid groups (broad SMARTS) is 1. The second-order valence-electron chi connectivity index (χ2n) is 10.3. The molecule has 0 bridgehead atoms. The molecule has 208 valence electrons. The van der Waals surface area contributed by atoms with Crippen molar-refractivity contribution in [3.63, 3.8) is 0 Å². The number of piperidine rings is 1. The Morgan fingerprint density at radius 3 is 2.45 bits per heavy atom. The van der Waals surface area contributed by atoms with Crippen LogP contribution in [-0.2, 0) is 29.0 Å². The molecule has 0 atom stereocenters. The third kappa shape index (κ3) is 9.59. The lowest BCUT2D eigenvalue weighted by molar-refractivity contribution is -0.136. The van der Waals surface area contributed by atoms with Gasteiger partial charge in [-0.15, -0.1) is 0 Å². The number of aryl methyl sites for hydroxylation is 1. The molecule has 9 nitrogen and oxygen atoms in total. The Morgan fingerprint density at radius 1 is 1.05 bits per heavy atom. The normalized spacial score (nSPS) is 13.8. The predicted octanol–water partition coefficient (Wildman–Crippen LogP) is 4.04. The Morgan fingerprint density at radius 2 is 1.76 bits per heavy atom. The molecule has 2 aromatic rings. The van der Waals surface area contributed by atoms with Gasteiger partial charge < -0.3 is 21.1 Å². The van der Waals surface area contributed by atoms with Gasteiger partial charge >= 0.3 is 5.97 Å². The lowest BCUT2D eigenvalue weighted by Gasteiger charge is -2.30. The number of aromatic nitrogens is 2. The van der Waals surface area contributed by atoms with Crippen molar-refractivity contribution < 1.29 is 14.7 Å². The van der Waals surface area contributed by atoms with Crippen molar-refractivity contribution in [1.29, 1.82) is 0 Å². The highest BCUT2D eigenvalue weighted by atomic mass is 16.4. The summed E-state index contributed by atoms with van der Waals surface area (Å²) in [5, 5.41) is 12.5. The molecule has 0 spiro atoms. The summed E-state index contributed by atoms with van der Waals surface area (Å²) < 4.78 is 0. The van der Waals surface area contributed by atoms with Crippen LogP contribution in [0.5, 0.6) is 0 Å². The van der Waals surface area contributed by atoms with Gasteiger partial charge in [0.1, 0.15) is 5.82 Å². The second kappa shape index (κ2) is 15.3. The summed E-state index contributed by atoms with van der Waals surface area (Å²) in [6.07, 6.45) is 8.42. The van der Waals surface area contributed by atoms with Gasteiger partial charge in [0.15, 0.2) is 0 Å². The molecule has 2 heterocycles. The van der Waals surface area contributed by atoms with Crippen molar-refractivity contribution in [2.75, 3.05) is 43.8 Å². The molecule has 3 rings (SSSR count). The van der Waals surface area contributed by atoms with E-state index in [0.717, 1.165) is 92.8 Å². The van der Waals surface area contributed by atoms with Crippen LogP contribution in [0.3, 0.4) is 0 Å². The number of hydrogen-bond acceptors (Lipinski definition) is 7. The number of nitrogens with zero attached hydrogens (tertiary/aromatic N) is 4. The van der Waals surface area contributed by atoms with Crippen LogP contribution >= 0.6 is 0 Å². The van der Waals surface area contributed by atoms with Crippen molar-refractivity contribution >= 4 is 23.6 Å². The number of aliphatic carboxylic acids is 1. The molecule has 0 radical (unpaired) electrons. The number of benzene rings is 1. The summed E-state index contributed by atoms with van der Waals surface area (Å²) in [5.74, 6) is 0.349. The van der Waals surface area contributed by atoms with Crippen LogP contribution in [0, 0.1) is 6.92 Å². The molecule has 0 unspecified atom stereocenters. The molecular formula is C29H44N6O3. The number of hydrogen-bond donors (Lipinski definition) is 3. The minimum atomic E-state index is -0.850. The van der Waals surface area contributed by atoms with Gasteiger partial charge in [0, 0.05) is 30.9 Å². The summed E-state index contributed by atoms with van der Waals surface area (Å²) in [6.45, 7) is 8.48. The SMILES string of the molecule is CCCCCNc1nc(N)nc(C)c1CCCN(Cc1ccc(CC(=O)O)cc1)C(=O)CN1CCCCC1. The zero-order valence-electron chi connectivity index (χ0n) is 23.0. The van der Waals surface area contributed by atoms with Gasteiger partial charge in [-0.25, -0.2) is 4.98 Å². The second-order valence-corrected chi connectivity index (χ2v) is 10.3. The number of amides is 1. The highest BCUT2D eigenvalue weighted by molar-refractivity contribution is 5.78. The van der Waals surface area contributed by atoms with Gasteiger partial charge in [-0.05, 0) is 63.2 Å². The van der Waals surface area contributed by atoms with Crippen molar-refractivity contribution in [3.8, 4) is 0 Å². The van der Waals surface area contributed by atoms with E-state index in [1.54, 1.807) is 0 Å². The van der Waals surface area contributed by atoms with Crippen LogP contribution in [0.25, 0.3) is 0 Å². The first-order chi connectivity index (χ1) is 18.4. The van der Waals surface area contributed by atoms with Crippen LogP contribution < -0.4 is 11.1 Å². The highest BCUT2D eigenvalue weighted by Gasteiger charge is 2.20. The largest absolute Gasteiger partial charge is 0.481 e. The van der Waals surface area contributed by atoms with E-state index < -0.39 is 5.97 Å². The summed E-state index contributed by atoms with van der Waals surface area (Å²) in [6, 6.07) is 7.52. The monoisotopic (exact) mass is 524 g/mol. The molecule has 4 N–H and O–H groups in total. The quantitative estimate of drug-likeness (QED) is 0.298. The molecule has 0 saturated carbocycles. The molecule has 1 aromatic carbocycles. The average Bonchev–Trinajstić information content (AvgIpc) is 2.88. The van der Waals surface area contributed by atoms with Crippen LogP contribution in [0.1, 0.15) is 74.3 Å². The van der Waals surface area contributed by atoms with Crippen LogP contribution in [-0.4, -0.2) is 69.5 Å². The maximum atomic E-state index is 13.4. The number of likely N-dealkylation sites (tertiary alicyclic amines) is 1. The molecule has 38 heavy (non-hydrogen) atoms. The van der Waals surface area contributed by atoms with Crippen LogP contribution in [0.15, 0.2) is 24.3 Å². The van der Waals surface area contributed by atoms with E-state index in [2.05, 4.69) is 27.1 Å². The molecule has 9 heteroatoms. The average molecular weight is 525 g/mol. The minimum absolute atomic E-state index is 0.00426. The fourth-order valence-electron chi connectivity index (χ4n) is 4.95. The lowest BCUT2D eigenvalue weighted by atomic mass is 10.1. The number of anilines is 2. The molecule has 1 amide bonds. The third-order valence-corrected chi connectivity index (χ3v) is 7.07. The summed E-state index contributed by atoms with van der Waals surface area (Å²) in [5.41, 5.74) is 9.61. The fourth-order valence-corrected chi connectivity index (χ4v) is 4.95. The molecule has 1 aliphatic heterocycles. The topological polar surface area (TPSA) is 125 Å². The van der Waals surface area contributed by atoms with Gasteiger partial charge in [-0.3, -0.25) is 14.5 Å². The number of nitrogen functional groups attached to an aromatic ring is 1. The number of nitrogens with two attached hydrogens (primary N) is 1. The highest BCUT2D eigenvalue weighted by Crippen LogP contribution is 2.20. The number of unbranched alkanes of at least 4 members (excludes halogenated alkanes) is 2. The number of nitrogens with one attached hydrogen (secondary N) is 1. The van der Waals surface area contributed by atoms with Crippen molar-refractivity contribution in [2.24, 2.45) is 0 Å². The van der Waals surface area contributed by atoms with Crippen molar-refractivity contribution in [1.82, 2.24) is 19.8 Å². The first-order valence-electron chi connectivity index (χ1n) is 14.0. The van der Waals surface area contributed by atoms with E-state index in [1.807, 2.05) is 36.1 Å². The Bertz CT molecular complexity index is 1040. The first kappa shape index (κ1) is 29.4. The maximum Gasteiger partial charge on any atom is 0.307 e. The maximum absolute atomic E-state index is 13.4. The smallest absolute Gasteiger partial charge is 0.307 e. The Hall–Kier alpha value is -3.20. The minimum Gasteiger partial charge on any atom is -0.481 e. The van der Waals surface area contributed by atoms with Gasteiger partial charge in [-0.1, -0.05) is 50.5 Å². The van der Waals surface area contributed by atoms with Gasteiger partial charge in [0.25, 0.3) is 0 Å². The van der Waals surface area contributed by atoms with Crippen molar-refractivity contribution in [2.45, 2.75) is 78.2 Å². The Kier molecular flexibility index (Phi) is 11.8. The van der Waals surface area contributed by atoms with Gasteiger partial charge in [0.2, 0.25) is 11.9 Å². The van der Waals surface area contributed by atoms with E-state index >= 15 is 0 Å². The van der Waals surface area contributed by atoms with Gasteiger partial charge in [0.05, 0.1) is 13.0 Å². The Balaban J connectivity index is 1.67. The zero-order chi connectivity index (χ0) is 27.3. The van der Waals surface area contributed by atoms with Crippen molar-refractivity contribution in [3.05, 3.63) is 46.6 Å². The molecule has 1 aromatic heterocycles. The molecule has 1 saturated heterocycles. The zero-order valence-corrected chi connectivity index (χ0v) is 23.0. The van der Waals surface area contributed by atoms with Crippen LogP contribution in [0.4, 0.5) is 11.8 Å². The number of carbonyl (C=O) groups is 2. The predicted molar refractivity (Wildman–Crippen MR) is 151 cm³/mol. The first-order valence-corrected chi connectivity index (χ1v) is 14.0. The number of carboxylic acids is 1. The standard InChI is InChI=1S/C29H44N6O3/c1-3-4-6-15-31-28-25(22(2)32-29(30)33-28)10-9-18-35(26(36)21-34-16-7-5-8-17-34)20-24-13-11-23(12-14-24)19-27(37)38/h11-14H,3-10,15-21H2,1-2H3,(H,37,38)(H3,30,31,32,33). The van der Waals surface area contributed by atoms with E-state index in [0.29, 0.717) is 19.6 Å². The van der Waals surface area contributed by atoms with Crippen LogP contribution in [0.2, 0.25) is 0 Å². The third-order valence-electron chi connectivity index (χ3n) is 7.07. The molecule has 0 aliphatic carbocycles. The van der Waals surface area contributed by atoms with E-state index in [1.165, 1.54) is 6.42 Å². The van der Waals surface area contributed by atoms with Gasteiger partial charge in [-0.2, -0.15) is 4.98 Å². The van der Waals surface area contributed by atoms with E-state index in [9.17, 15) is 9.59 Å². The summed E-state index contributed by atoms with van der Waals surface area (Å²) >= 11 is 0. The summed E-state index contributed by atoms with van der Waals surface area (Å²) in [4.78, 5) is 37.5. The summed E-state index contributed by atoms with van der Waals surface area (Å²) in [7, 11) is 0. The van der Waals surface area contributed by atoms with E-state index in [4.69, 9.17) is 10.8 Å². The number of carbonyl (C=O) groups excluding carboxylic acids is 1. The molecule has 1 aliphatic rings. The molecule has 1 fully saturated rings.